The molecule has 0 bridgehead atoms. The van der Waals surface area contributed by atoms with Crippen LogP contribution in [0.2, 0.25) is 0 Å². The second-order valence-electron chi connectivity index (χ2n) is 9.10. The van der Waals surface area contributed by atoms with Crippen LogP contribution in [-0.2, 0) is 4.74 Å². The monoisotopic (exact) mass is 488 g/mol. The molecule has 0 aliphatic carbocycles. The van der Waals surface area contributed by atoms with Crippen molar-refractivity contribution in [2.24, 2.45) is 0 Å². The second-order valence-corrected chi connectivity index (χ2v) is 9.10. The van der Waals surface area contributed by atoms with Gasteiger partial charge >= 0.3 is 6.36 Å². The quantitative estimate of drug-likeness (QED) is 0.549. The highest BCUT2D eigenvalue weighted by molar-refractivity contribution is 5.94. The van der Waals surface area contributed by atoms with Crippen LogP contribution in [0.15, 0.2) is 36.5 Å². The summed E-state index contributed by atoms with van der Waals surface area (Å²) in [6.45, 7) is 2.67. The number of benzene rings is 1. The minimum atomic E-state index is -4.76. The lowest BCUT2D eigenvalue weighted by molar-refractivity contribution is -0.274. The average molecular weight is 489 g/mol. The van der Waals surface area contributed by atoms with Gasteiger partial charge in [-0.05, 0) is 73.9 Å². The summed E-state index contributed by atoms with van der Waals surface area (Å²) in [5, 5.41) is 0. The molecule has 0 radical (unpaired) electrons. The first-order valence-corrected chi connectivity index (χ1v) is 11.9. The molecule has 3 aromatic rings. The van der Waals surface area contributed by atoms with Crippen molar-refractivity contribution >= 4 is 17.1 Å². The fraction of sp³-hybridized carbons (Fsp3) is 0.480. The zero-order valence-corrected chi connectivity index (χ0v) is 19.2. The molecular formula is C25H27F3N4O3. The Hall–Kier alpha value is -3.14. The number of carbonyl (C=O) groups is 1. The van der Waals surface area contributed by atoms with Crippen LogP contribution in [0.25, 0.3) is 11.2 Å². The number of nitrogens with one attached hydrogen (secondary N) is 1. The maximum absolute atomic E-state index is 12.9. The molecule has 0 unspecified atom stereocenters. The minimum absolute atomic E-state index is 0.193. The second kappa shape index (κ2) is 9.85. The van der Waals surface area contributed by atoms with Crippen LogP contribution in [0, 0.1) is 0 Å². The maximum atomic E-state index is 12.9. The normalized spacial score (nSPS) is 20.1. The number of likely N-dealkylation sites (tertiary alicyclic amines) is 1. The van der Waals surface area contributed by atoms with Gasteiger partial charge in [-0.25, -0.2) is 9.97 Å². The zero-order chi connectivity index (χ0) is 24.4. The molecule has 2 aromatic heterocycles. The summed E-state index contributed by atoms with van der Waals surface area (Å²) >= 11 is 0. The van der Waals surface area contributed by atoms with Crippen molar-refractivity contribution in [3.8, 4) is 5.75 Å². The predicted molar refractivity (Wildman–Crippen MR) is 122 cm³/mol. The van der Waals surface area contributed by atoms with E-state index in [1.165, 1.54) is 17.7 Å². The van der Waals surface area contributed by atoms with E-state index < -0.39 is 6.36 Å². The van der Waals surface area contributed by atoms with Crippen molar-refractivity contribution in [2.45, 2.75) is 50.3 Å². The van der Waals surface area contributed by atoms with Crippen LogP contribution < -0.4 is 4.74 Å². The minimum Gasteiger partial charge on any atom is -0.406 e. The highest BCUT2D eigenvalue weighted by Gasteiger charge is 2.31. The van der Waals surface area contributed by atoms with Gasteiger partial charge in [0.2, 0.25) is 0 Å². The molecule has 7 nitrogen and oxygen atoms in total. The molecule has 1 amide bonds. The number of nitrogens with zero attached hydrogens (tertiary/aromatic N) is 3. The molecule has 1 N–H and O–H groups in total. The van der Waals surface area contributed by atoms with E-state index in [2.05, 4.69) is 14.7 Å². The van der Waals surface area contributed by atoms with Crippen LogP contribution >= 0.6 is 0 Å². The fourth-order valence-electron chi connectivity index (χ4n) is 5.03. The molecule has 5 rings (SSSR count). The number of hydrogen-bond donors (Lipinski definition) is 1. The Morgan fingerprint density at radius 2 is 1.80 bits per heavy atom. The van der Waals surface area contributed by atoms with E-state index in [1.807, 2.05) is 6.07 Å². The van der Waals surface area contributed by atoms with E-state index in [0.29, 0.717) is 24.6 Å². The third-order valence-corrected chi connectivity index (χ3v) is 6.84. The van der Waals surface area contributed by atoms with Crippen molar-refractivity contribution in [3.05, 3.63) is 53.5 Å². The average Bonchev–Trinajstić information content (AvgIpc) is 3.10. The number of ether oxygens (including phenoxy) is 2. The molecular weight excluding hydrogens is 461 g/mol. The molecule has 10 heteroatoms. The van der Waals surface area contributed by atoms with Gasteiger partial charge in [0.25, 0.3) is 5.91 Å². The number of halogens is 3. The number of H-pyrrole nitrogens is 1. The highest BCUT2D eigenvalue weighted by Crippen LogP contribution is 2.34. The first-order valence-electron chi connectivity index (χ1n) is 11.9. The van der Waals surface area contributed by atoms with Crippen molar-refractivity contribution in [3.63, 3.8) is 0 Å². The number of piperidine rings is 1. The molecule has 2 fully saturated rings. The third-order valence-electron chi connectivity index (χ3n) is 6.84. The summed E-state index contributed by atoms with van der Waals surface area (Å²) in [6.07, 6.45) is 1.61. The summed E-state index contributed by atoms with van der Waals surface area (Å²) in [5.74, 6) is 1.03. The van der Waals surface area contributed by atoms with Crippen LogP contribution in [0.3, 0.4) is 0 Å². The standard InChI is InChI=1S/C25H27F3N4O3/c26-25(27,28)35-19-5-3-18(4-6-19)24(33)32-12-8-16(9-13-32)20-7-11-29-23-21(20)30-22(31-23)17-2-1-14-34-15-10-17/h3-7,11,16-17H,1-2,8-10,12-15H2,(H,29,30,31)/t17-/m1/s1. The Morgan fingerprint density at radius 3 is 2.54 bits per heavy atom. The van der Waals surface area contributed by atoms with Crippen molar-refractivity contribution in [1.29, 1.82) is 0 Å². The number of imidazole rings is 1. The molecule has 4 heterocycles. The fourth-order valence-corrected chi connectivity index (χ4v) is 5.03. The van der Waals surface area contributed by atoms with Crippen LogP contribution in [0.4, 0.5) is 13.2 Å². The summed E-state index contributed by atoms with van der Waals surface area (Å²) in [4.78, 5) is 27.4. The van der Waals surface area contributed by atoms with Crippen molar-refractivity contribution < 1.29 is 27.4 Å². The van der Waals surface area contributed by atoms with Gasteiger partial charge in [-0.3, -0.25) is 4.79 Å². The van der Waals surface area contributed by atoms with Gasteiger partial charge in [-0.1, -0.05) is 0 Å². The molecule has 0 spiro atoms. The smallest absolute Gasteiger partial charge is 0.406 e. The number of fused-ring (bicyclic) bond motifs is 1. The maximum Gasteiger partial charge on any atom is 0.573 e. The Morgan fingerprint density at radius 1 is 1.03 bits per heavy atom. The molecule has 2 saturated heterocycles. The molecule has 2 aliphatic rings. The van der Waals surface area contributed by atoms with Gasteiger partial charge in [0, 0.05) is 44.0 Å². The molecule has 2 aliphatic heterocycles. The van der Waals surface area contributed by atoms with Crippen LogP contribution in [0.5, 0.6) is 5.75 Å². The largest absolute Gasteiger partial charge is 0.573 e. The van der Waals surface area contributed by atoms with Crippen molar-refractivity contribution in [2.75, 3.05) is 26.3 Å². The van der Waals surface area contributed by atoms with Gasteiger partial charge in [-0.2, -0.15) is 0 Å². The Labute approximate surface area is 200 Å². The number of carbonyl (C=O) groups excluding carboxylic acids is 1. The van der Waals surface area contributed by atoms with Gasteiger partial charge < -0.3 is 19.4 Å². The van der Waals surface area contributed by atoms with Gasteiger partial charge in [0.1, 0.15) is 11.6 Å². The van der Waals surface area contributed by atoms with Gasteiger partial charge in [0.05, 0.1) is 5.52 Å². The number of pyridine rings is 1. The Bertz CT molecular complexity index is 1160. The summed E-state index contributed by atoms with van der Waals surface area (Å²) < 4.78 is 46.6. The number of amides is 1. The molecule has 186 valence electrons. The number of hydrogen-bond acceptors (Lipinski definition) is 5. The zero-order valence-electron chi connectivity index (χ0n) is 19.2. The molecule has 1 atom stereocenters. The van der Waals surface area contributed by atoms with Gasteiger partial charge in [0.15, 0.2) is 5.65 Å². The summed E-state index contributed by atoms with van der Waals surface area (Å²) in [6, 6.07) is 7.09. The van der Waals surface area contributed by atoms with Crippen LogP contribution in [0.1, 0.15) is 65.7 Å². The number of rotatable bonds is 4. The number of alkyl halides is 3. The van der Waals surface area contributed by atoms with Crippen molar-refractivity contribution in [1.82, 2.24) is 19.9 Å². The van der Waals surface area contributed by atoms with E-state index in [-0.39, 0.29) is 17.6 Å². The van der Waals surface area contributed by atoms with E-state index in [1.54, 1.807) is 11.1 Å². The van der Waals surface area contributed by atoms with Gasteiger partial charge in [-0.15, -0.1) is 13.2 Å². The predicted octanol–water partition coefficient (Wildman–Crippen LogP) is 5.16. The molecule has 0 saturated carbocycles. The lowest BCUT2D eigenvalue weighted by Gasteiger charge is -2.32. The number of aromatic amines is 1. The lowest BCUT2D eigenvalue weighted by atomic mass is 9.89. The van der Waals surface area contributed by atoms with E-state index >= 15 is 0 Å². The Balaban J connectivity index is 1.25. The summed E-state index contributed by atoms with van der Waals surface area (Å²) in [5.41, 5.74) is 3.20. The van der Waals surface area contributed by atoms with E-state index in [4.69, 9.17) is 9.72 Å². The van der Waals surface area contributed by atoms with Crippen LogP contribution in [-0.4, -0.2) is 58.4 Å². The topological polar surface area (TPSA) is 80.3 Å². The third kappa shape index (κ3) is 5.42. The highest BCUT2D eigenvalue weighted by atomic mass is 19.4. The Kier molecular flexibility index (Phi) is 6.64. The number of aromatic nitrogens is 3. The first kappa shape index (κ1) is 23.6. The summed E-state index contributed by atoms with van der Waals surface area (Å²) in [7, 11) is 0. The SMILES string of the molecule is O=C(c1ccc(OC(F)(F)F)cc1)N1CCC(c2ccnc3nc([C@@H]4CCCOCC4)[nH]c23)CC1. The molecule has 1 aromatic carbocycles. The lowest BCUT2D eigenvalue weighted by Crippen LogP contribution is -2.38. The molecule has 35 heavy (non-hydrogen) atoms. The van der Waals surface area contributed by atoms with E-state index in [0.717, 1.165) is 74.4 Å². The first-order chi connectivity index (χ1) is 16.9. The van der Waals surface area contributed by atoms with E-state index in [9.17, 15) is 18.0 Å².